The summed E-state index contributed by atoms with van der Waals surface area (Å²) in [6.07, 6.45) is 5.00. The van der Waals surface area contributed by atoms with Gasteiger partial charge in [0.15, 0.2) is 0 Å². The minimum absolute atomic E-state index is 0.0122. The van der Waals surface area contributed by atoms with Crippen LogP contribution in [0, 0.1) is 38.0 Å². The predicted molar refractivity (Wildman–Crippen MR) is 201 cm³/mol. The van der Waals surface area contributed by atoms with E-state index in [0.29, 0.717) is 61.3 Å². The lowest BCUT2D eigenvalue weighted by molar-refractivity contribution is -0.137. The molecule has 2 aliphatic heterocycles. The van der Waals surface area contributed by atoms with E-state index in [0.717, 1.165) is 33.4 Å². The second kappa shape index (κ2) is 15.6. The van der Waals surface area contributed by atoms with Crippen molar-refractivity contribution in [3.8, 4) is 28.7 Å². The Labute approximate surface area is 308 Å². The number of benzene rings is 2. The molecule has 12 heteroatoms. The zero-order chi connectivity index (χ0) is 37.1. The van der Waals surface area contributed by atoms with Gasteiger partial charge in [0.2, 0.25) is 5.91 Å². The normalized spacial score (nSPS) is 18.0. The topological polar surface area (TPSA) is 121 Å². The third kappa shape index (κ3) is 7.38. The molecule has 0 saturated carbocycles. The molecule has 0 N–H and O–H groups in total. The Balaban J connectivity index is 1.18. The van der Waals surface area contributed by atoms with Gasteiger partial charge < -0.3 is 23.8 Å². The van der Waals surface area contributed by atoms with Gasteiger partial charge in [-0.15, -0.1) is 11.3 Å². The van der Waals surface area contributed by atoms with Crippen LogP contribution in [0.1, 0.15) is 38.7 Å². The zero-order valence-electron chi connectivity index (χ0n) is 30.5. The van der Waals surface area contributed by atoms with Crippen molar-refractivity contribution in [1.29, 1.82) is 5.26 Å². The van der Waals surface area contributed by atoms with E-state index in [9.17, 15) is 19.6 Å². The van der Waals surface area contributed by atoms with Crippen LogP contribution in [0.5, 0.6) is 11.5 Å². The molecule has 2 saturated heterocycles. The number of aromatic nitrogens is 2. The smallest absolute Gasteiger partial charge is 0.264 e. The third-order valence-corrected chi connectivity index (χ3v) is 11.1. The molecule has 2 fully saturated rings. The molecule has 6 rings (SSSR count). The first-order valence-corrected chi connectivity index (χ1v) is 18.2. The molecule has 4 heterocycles. The fourth-order valence-electron chi connectivity index (χ4n) is 7.35. The summed E-state index contributed by atoms with van der Waals surface area (Å²) in [5, 5.41) is 12.2. The maximum Gasteiger partial charge on any atom is 0.264 e. The van der Waals surface area contributed by atoms with Crippen LogP contribution in [0.3, 0.4) is 0 Å². The van der Waals surface area contributed by atoms with Crippen molar-refractivity contribution in [2.75, 3.05) is 53.5 Å². The van der Waals surface area contributed by atoms with Gasteiger partial charge in [-0.1, -0.05) is 29.8 Å². The molecular formula is C40H44N6O5S. The van der Waals surface area contributed by atoms with Crippen molar-refractivity contribution in [2.45, 2.75) is 33.2 Å². The summed E-state index contributed by atoms with van der Waals surface area (Å²) in [6, 6.07) is 14.1. The molecule has 2 atom stereocenters. The molecule has 270 valence electrons. The van der Waals surface area contributed by atoms with Crippen LogP contribution in [-0.2, 0) is 23.2 Å². The largest absolute Gasteiger partial charge is 0.496 e. The predicted octanol–water partition coefficient (Wildman–Crippen LogP) is 4.94. The van der Waals surface area contributed by atoms with E-state index in [1.165, 1.54) is 17.4 Å². The third-order valence-electron chi connectivity index (χ3n) is 10.4. The van der Waals surface area contributed by atoms with Gasteiger partial charge in [0.05, 0.1) is 25.7 Å². The Hall–Kier alpha value is -5.25. The second-order valence-electron chi connectivity index (χ2n) is 13.5. The number of aryl methyl sites for hydroxylation is 2. The summed E-state index contributed by atoms with van der Waals surface area (Å²) in [6.45, 7) is 9.35. The van der Waals surface area contributed by atoms with E-state index in [1.807, 2.05) is 62.2 Å². The highest BCUT2D eigenvalue weighted by Gasteiger charge is 2.43. The molecule has 2 amide bonds. The summed E-state index contributed by atoms with van der Waals surface area (Å²) in [5.41, 5.74) is 6.45. The van der Waals surface area contributed by atoms with Gasteiger partial charge >= 0.3 is 0 Å². The first-order chi connectivity index (χ1) is 25.0. The zero-order valence-corrected chi connectivity index (χ0v) is 31.3. The van der Waals surface area contributed by atoms with Crippen molar-refractivity contribution in [2.24, 2.45) is 13.0 Å². The number of carbonyl (C=O) groups is 2. The number of likely N-dealkylation sites (tertiary alicyclic amines) is 1. The molecule has 0 spiro atoms. The average Bonchev–Trinajstić information content (AvgIpc) is 3.85. The SMILES string of the molecule is COc1cc(-c2cn(C)c(=O)c(C)c2C)cc(OC)c1CN1CCN(C(=O)[C@@H]2CN(C(=O)/C(C#N)=C/c3nccs3)C[C@H]2c2cccc(C)c2)CC1. The van der Waals surface area contributed by atoms with Crippen LogP contribution in [-0.4, -0.2) is 89.6 Å². The first kappa shape index (κ1) is 36.5. The highest BCUT2D eigenvalue weighted by molar-refractivity contribution is 7.10. The van der Waals surface area contributed by atoms with Gasteiger partial charge in [0, 0.05) is 87.7 Å². The number of rotatable bonds is 9. The van der Waals surface area contributed by atoms with Gasteiger partial charge in [0.25, 0.3) is 11.5 Å². The quantitative estimate of drug-likeness (QED) is 0.176. The Morgan fingerprint density at radius 2 is 1.71 bits per heavy atom. The summed E-state index contributed by atoms with van der Waals surface area (Å²) in [5.74, 6) is 0.389. The first-order valence-electron chi connectivity index (χ1n) is 17.3. The van der Waals surface area contributed by atoms with Crippen molar-refractivity contribution < 1.29 is 19.1 Å². The van der Waals surface area contributed by atoms with E-state index in [4.69, 9.17) is 9.47 Å². The summed E-state index contributed by atoms with van der Waals surface area (Å²) >= 11 is 1.36. The molecule has 0 aliphatic carbocycles. The van der Waals surface area contributed by atoms with Crippen molar-refractivity contribution in [3.05, 3.63) is 103 Å². The molecule has 2 aromatic carbocycles. The number of methoxy groups -OCH3 is 2. The lowest BCUT2D eigenvalue weighted by atomic mass is 9.87. The maximum absolute atomic E-state index is 14.3. The monoisotopic (exact) mass is 720 g/mol. The van der Waals surface area contributed by atoms with Crippen LogP contribution in [0.2, 0.25) is 0 Å². The van der Waals surface area contributed by atoms with Crippen molar-refractivity contribution in [1.82, 2.24) is 24.3 Å². The number of hydrogen-bond acceptors (Lipinski definition) is 9. The standard InChI is InChI=1S/C40H44N6O5S/c1-25-8-7-9-28(16-25)32-23-46(39(48)30(20-41)19-37-42-10-15-52-37)24-33(32)40(49)45-13-11-44(12-14-45)22-34-35(50-5)17-29(18-36(34)51-6)31-21-43(4)38(47)27(3)26(31)2/h7-10,15-19,21,32-33H,11-14,22-24H2,1-6H3/b30-19+/t32-,33+/m0/s1. The van der Waals surface area contributed by atoms with Gasteiger partial charge in [-0.25, -0.2) is 4.98 Å². The van der Waals surface area contributed by atoms with Crippen molar-refractivity contribution >= 4 is 29.2 Å². The van der Waals surface area contributed by atoms with E-state index in [2.05, 4.69) is 22.0 Å². The number of pyridine rings is 1. The summed E-state index contributed by atoms with van der Waals surface area (Å²) < 4.78 is 13.4. The van der Waals surface area contributed by atoms with Gasteiger partial charge in [-0.05, 0) is 55.7 Å². The van der Waals surface area contributed by atoms with Crippen LogP contribution in [0.4, 0.5) is 0 Å². The highest BCUT2D eigenvalue weighted by atomic mass is 32.1. The minimum atomic E-state index is -0.436. The number of hydrogen-bond donors (Lipinski definition) is 0. The maximum atomic E-state index is 14.3. The van der Waals surface area contributed by atoms with E-state index in [1.54, 1.807) is 42.3 Å². The number of ether oxygens (including phenoxy) is 2. The van der Waals surface area contributed by atoms with Crippen LogP contribution < -0.4 is 15.0 Å². The Morgan fingerprint density at radius 1 is 1.00 bits per heavy atom. The number of nitrogens with zero attached hydrogens (tertiary/aromatic N) is 6. The molecule has 52 heavy (non-hydrogen) atoms. The number of piperazine rings is 1. The Kier molecular flexibility index (Phi) is 10.9. The number of carbonyl (C=O) groups excluding carboxylic acids is 2. The van der Waals surface area contributed by atoms with E-state index >= 15 is 0 Å². The van der Waals surface area contributed by atoms with Crippen LogP contribution in [0.25, 0.3) is 17.2 Å². The molecule has 0 unspecified atom stereocenters. The van der Waals surface area contributed by atoms with Crippen molar-refractivity contribution in [3.63, 3.8) is 0 Å². The lowest BCUT2D eigenvalue weighted by Gasteiger charge is -2.37. The van der Waals surface area contributed by atoms with Crippen LogP contribution >= 0.6 is 11.3 Å². The fraction of sp³-hybridized carbons (Fsp3) is 0.375. The molecule has 11 nitrogen and oxygen atoms in total. The Bertz CT molecular complexity index is 2080. The second-order valence-corrected chi connectivity index (χ2v) is 14.5. The number of thiazole rings is 1. The molecule has 0 radical (unpaired) electrons. The molecular weight excluding hydrogens is 677 g/mol. The molecule has 2 aromatic heterocycles. The van der Waals surface area contributed by atoms with Crippen LogP contribution in [0.15, 0.2) is 64.5 Å². The van der Waals surface area contributed by atoms with Gasteiger partial charge in [-0.3, -0.25) is 19.3 Å². The Morgan fingerprint density at radius 3 is 2.33 bits per heavy atom. The molecule has 2 aliphatic rings. The molecule has 0 bridgehead atoms. The van der Waals surface area contributed by atoms with E-state index in [-0.39, 0.29) is 35.4 Å². The number of amides is 2. The minimum Gasteiger partial charge on any atom is -0.496 e. The number of nitriles is 1. The van der Waals surface area contributed by atoms with E-state index < -0.39 is 5.92 Å². The summed E-state index contributed by atoms with van der Waals surface area (Å²) in [4.78, 5) is 50.5. The lowest BCUT2D eigenvalue weighted by Crippen LogP contribution is -2.50. The fourth-order valence-corrected chi connectivity index (χ4v) is 7.92. The molecule has 4 aromatic rings. The van der Waals surface area contributed by atoms with Gasteiger partial charge in [-0.2, -0.15) is 5.26 Å². The highest BCUT2D eigenvalue weighted by Crippen LogP contribution is 2.38. The summed E-state index contributed by atoms with van der Waals surface area (Å²) in [7, 11) is 5.04. The van der Waals surface area contributed by atoms with Gasteiger partial charge in [0.1, 0.15) is 28.1 Å². The average molecular weight is 721 g/mol.